The van der Waals surface area contributed by atoms with Crippen LogP contribution in [-0.4, -0.2) is 16.3 Å². The van der Waals surface area contributed by atoms with Crippen LogP contribution >= 0.6 is 0 Å². The molecule has 0 saturated carbocycles. The lowest BCUT2D eigenvalue weighted by molar-refractivity contribution is -0.0981. The maximum atomic E-state index is 14.4. The fourth-order valence-corrected chi connectivity index (χ4v) is 2.47. The molecule has 0 radical (unpaired) electrons. The molecule has 0 amide bonds. The molecule has 0 fully saturated rings. The van der Waals surface area contributed by atoms with Crippen LogP contribution in [0.3, 0.4) is 0 Å². The van der Waals surface area contributed by atoms with E-state index in [1.54, 1.807) is 42.0 Å². The summed E-state index contributed by atoms with van der Waals surface area (Å²) in [4.78, 5) is 0. The fraction of sp³-hybridized carbons (Fsp3) is 0.176. The summed E-state index contributed by atoms with van der Waals surface area (Å²) < 4.78 is 34.7. The second-order valence-corrected chi connectivity index (χ2v) is 4.88. The third-order valence-electron chi connectivity index (χ3n) is 3.52. The van der Waals surface area contributed by atoms with Crippen molar-refractivity contribution in [3.8, 4) is 5.69 Å². The van der Waals surface area contributed by atoms with Crippen LogP contribution in [0.15, 0.2) is 48.7 Å². The van der Waals surface area contributed by atoms with E-state index in [0.717, 1.165) is 0 Å². The predicted molar refractivity (Wildman–Crippen MR) is 79.8 cm³/mol. The molecule has 3 rings (SSSR count). The second kappa shape index (κ2) is 5.87. The van der Waals surface area contributed by atoms with Crippen LogP contribution in [0.25, 0.3) is 16.6 Å². The van der Waals surface area contributed by atoms with Crippen molar-refractivity contribution in [3.05, 3.63) is 65.9 Å². The summed E-state index contributed by atoms with van der Waals surface area (Å²) in [6.45, 7) is 2.07. The molecule has 3 aromatic rings. The number of aliphatic hydroxyl groups is 1. The Hall–Kier alpha value is -2.24. The number of hydrogen-bond donors (Lipinski definition) is 1. The van der Waals surface area contributed by atoms with Crippen molar-refractivity contribution < 1.29 is 18.6 Å². The molecule has 1 heterocycles. The van der Waals surface area contributed by atoms with Crippen molar-refractivity contribution in [2.75, 3.05) is 6.61 Å². The fourth-order valence-electron chi connectivity index (χ4n) is 2.47. The lowest BCUT2D eigenvalue weighted by Crippen LogP contribution is -2.05. The normalized spacial score (nSPS) is 12.7. The van der Waals surface area contributed by atoms with Gasteiger partial charge in [-0.1, -0.05) is 12.1 Å². The average Bonchev–Trinajstić information content (AvgIpc) is 2.92. The minimum absolute atomic E-state index is 0.285. The van der Waals surface area contributed by atoms with E-state index in [9.17, 15) is 13.9 Å². The van der Waals surface area contributed by atoms with Gasteiger partial charge in [-0.25, -0.2) is 8.78 Å². The van der Waals surface area contributed by atoms with Crippen LogP contribution in [0.5, 0.6) is 0 Å². The summed E-state index contributed by atoms with van der Waals surface area (Å²) in [6, 6.07) is 10.6. The number of ether oxygens (including phenoxy) is 1. The summed E-state index contributed by atoms with van der Waals surface area (Å²) in [5.74, 6) is -0.863. The molecule has 3 nitrogen and oxygen atoms in total. The number of rotatable bonds is 4. The Morgan fingerprint density at radius 1 is 1.14 bits per heavy atom. The number of halogens is 2. The van der Waals surface area contributed by atoms with Crippen molar-refractivity contribution in [1.29, 1.82) is 0 Å². The molecule has 1 atom stereocenters. The van der Waals surface area contributed by atoms with Crippen LogP contribution in [0.1, 0.15) is 18.8 Å². The van der Waals surface area contributed by atoms with Crippen LogP contribution in [0, 0.1) is 11.6 Å². The average molecular weight is 303 g/mol. The first-order valence-corrected chi connectivity index (χ1v) is 6.97. The molecule has 1 aromatic heterocycles. The van der Waals surface area contributed by atoms with Gasteiger partial charge in [-0.2, -0.15) is 0 Å². The largest absolute Gasteiger partial charge is 0.364 e. The van der Waals surface area contributed by atoms with Crippen LogP contribution in [0.4, 0.5) is 8.78 Å². The minimum Gasteiger partial charge on any atom is -0.364 e. The summed E-state index contributed by atoms with van der Waals surface area (Å²) in [6.07, 6.45) is 0.456. The van der Waals surface area contributed by atoms with E-state index in [-0.39, 0.29) is 11.5 Å². The lowest BCUT2D eigenvalue weighted by atomic mass is 10.2. The SMILES string of the molecule is CCOC(O)c1ccc(-n2ccc3c(F)cccc32)c(F)c1. The quantitative estimate of drug-likeness (QED) is 0.741. The standard InChI is InChI=1S/C17H15F2NO2/c1-2-22-17(21)11-6-7-16(14(19)10-11)20-9-8-12-13(18)4-3-5-15(12)20/h3-10,17,21H,2H2,1H3. The Morgan fingerprint density at radius 3 is 2.68 bits per heavy atom. The van der Waals surface area contributed by atoms with E-state index in [2.05, 4.69) is 0 Å². The number of nitrogens with zero attached hydrogens (tertiary/aromatic N) is 1. The zero-order valence-corrected chi connectivity index (χ0v) is 12.0. The highest BCUT2D eigenvalue weighted by Gasteiger charge is 2.13. The molecule has 0 aliphatic rings. The number of benzene rings is 2. The first-order valence-electron chi connectivity index (χ1n) is 6.97. The molecule has 5 heteroatoms. The van der Waals surface area contributed by atoms with Crippen LogP contribution in [-0.2, 0) is 4.74 Å². The van der Waals surface area contributed by atoms with Gasteiger partial charge < -0.3 is 14.4 Å². The van der Waals surface area contributed by atoms with Gasteiger partial charge in [-0.15, -0.1) is 0 Å². The van der Waals surface area contributed by atoms with Gasteiger partial charge in [0.15, 0.2) is 6.29 Å². The molecule has 1 N–H and O–H groups in total. The lowest BCUT2D eigenvalue weighted by Gasteiger charge is -2.13. The Morgan fingerprint density at radius 2 is 1.95 bits per heavy atom. The van der Waals surface area contributed by atoms with E-state index in [4.69, 9.17) is 4.74 Å². The summed E-state index contributed by atoms with van der Waals surface area (Å²) in [5.41, 5.74) is 1.20. The van der Waals surface area contributed by atoms with Gasteiger partial charge in [-0.3, -0.25) is 0 Å². The molecule has 114 valence electrons. The first kappa shape index (κ1) is 14.7. The predicted octanol–water partition coefficient (Wildman–Crippen LogP) is 3.94. The monoisotopic (exact) mass is 303 g/mol. The molecule has 22 heavy (non-hydrogen) atoms. The second-order valence-electron chi connectivity index (χ2n) is 4.88. The van der Waals surface area contributed by atoms with E-state index in [1.807, 2.05) is 0 Å². The van der Waals surface area contributed by atoms with Crippen molar-refractivity contribution in [2.24, 2.45) is 0 Å². The molecule has 0 spiro atoms. The molecular formula is C17H15F2NO2. The smallest absolute Gasteiger partial charge is 0.181 e. The molecule has 0 bridgehead atoms. The molecule has 2 aromatic carbocycles. The highest BCUT2D eigenvalue weighted by atomic mass is 19.1. The van der Waals surface area contributed by atoms with E-state index < -0.39 is 12.1 Å². The third-order valence-corrected chi connectivity index (χ3v) is 3.52. The van der Waals surface area contributed by atoms with E-state index in [1.165, 1.54) is 18.2 Å². The van der Waals surface area contributed by atoms with Gasteiger partial charge in [0.1, 0.15) is 11.6 Å². The Labute approximate surface area is 126 Å². The Bertz CT molecular complexity index is 814. The van der Waals surface area contributed by atoms with Gasteiger partial charge >= 0.3 is 0 Å². The maximum Gasteiger partial charge on any atom is 0.181 e. The van der Waals surface area contributed by atoms with Crippen molar-refractivity contribution >= 4 is 10.9 Å². The summed E-state index contributed by atoms with van der Waals surface area (Å²) in [5, 5.41) is 10.2. The maximum absolute atomic E-state index is 14.4. The highest BCUT2D eigenvalue weighted by Crippen LogP contribution is 2.26. The van der Waals surface area contributed by atoms with E-state index in [0.29, 0.717) is 23.1 Å². The minimum atomic E-state index is -1.16. The van der Waals surface area contributed by atoms with Gasteiger partial charge in [0, 0.05) is 23.8 Å². The molecular weight excluding hydrogens is 288 g/mol. The number of hydrogen-bond acceptors (Lipinski definition) is 2. The highest BCUT2D eigenvalue weighted by molar-refractivity contribution is 5.82. The van der Waals surface area contributed by atoms with Crippen LogP contribution < -0.4 is 0 Å². The van der Waals surface area contributed by atoms with Gasteiger partial charge in [0.2, 0.25) is 0 Å². The van der Waals surface area contributed by atoms with E-state index >= 15 is 0 Å². The molecule has 0 aliphatic heterocycles. The summed E-state index contributed by atoms with van der Waals surface area (Å²) >= 11 is 0. The van der Waals surface area contributed by atoms with Crippen LogP contribution in [0.2, 0.25) is 0 Å². The van der Waals surface area contributed by atoms with Crippen molar-refractivity contribution in [3.63, 3.8) is 0 Å². The van der Waals surface area contributed by atoms with Gasteiger partial charge in [-0.05, 0) is 37.3 Å². The molecule has 1 unspecified atom stereocenters. The third kappa shape index (κ3) is 2.49. The Kier molecular flexibility index (Phi) is 3.92. The Balaban J connectivity index is 2.06. The first-order chi connectivity index (χ1) is 10.6. The van der Waals surface area contributed by atoms with Crippen molar-refractivity contribution in [1.82, 2.24) is 4.57 Å². The number of aliphatic hydroxyl groups excluding tert-OH is 1. The zero-order valence-electron chi connectivity index (χ0n) is 12.0. The topological polar surface area (TPSA) is 34.4 Å². The zero-order chi connectivity index (χ0) is 15.7. The summed E-state index contributed by atoms with van der Waals surface area (Å²) in [7, 11) is 0. The number of fused-ring (bicyclic) bond motifs is 1. The van der Waals surface area contributed by atoms with Crippen molar-refractivity contribution in [2.45, 2.75) is 13.2 Å². The molecule has 0 aliphatic carbocycles. The molecule has 0 saturated heterocycles. The van der Waals surface area contributed by atoms with Gasteiger partial charge in [0.25, 0.3) is 0 Å². The number of aromatic nitrogens is 1. The van der Waals surface area contributed by atoms with Gasteiger partial charge in [0.05, 0.1) is 11.2 Å².